The van der Waals surface area contributed by atoms with E-state index >= 15 is 0 Å². The van der Waals surface area contributed by atoms with Gasteiger partial charge in [0.25, 0.3) is 0 Å². The van der Waals surface area contributed by atoms with E-state index in [1.54, 1.807) is 12.4 Å². The average molecular weight is 335 g/mol. The molecule has 0 bridgehead atoms. The fourth-order valence-corrected chi connectivity index (χ4v) is 2.88. The number of carbonyl (C=O) groups excluding carboxylic acids is 1. The smallest absolute Gasteiger partial charge is 0.315 e. The normalized spacial score (nSPS) is 17.3. The molecule has 0 spiro atoms. The molecule has 1 aliphatic rings. The second kappa shape index (κ2) is 6.87. The molecule has 0 unspecified atom stereocenters. The SMILES string of the molecule is Cn1ccnc1CNC(=O)N[C@H]1CCN(c2ncccc2Cl)C1. The molecule has 0 radical (unpaired) electrons. The van der Waals surface area contributed by atoms with Crippen LogP contribution < -0.4 is 15.5 Å². The number of nitrogens with one attached hydrogen (secondary N) is 2. The van der Waals surface area contributed by atoms with Crippen LogP contribution in [0.5, 0.6) is 0 Å². The third kappa shape index (κ3) is 3.73. The summed E-state index contributed by atoms with van der Waals surface area (Å²) in [5, 5.41) is 6.44. The van der Waals surface area contributed by atoms with Gasteiger partial charge in [-0.2, -0.15) is 0 Å². The van der Waals surface area contributed by atoms with Crippen molar-refractivity contribution in [2.45, 2.75) is 19.0 Å². The summed E-state index contributed by atoms with van der Waals surface area (Å²) in [5.41, 5.74) is 0. The molecule has 0 aliphatic carbocycles. The van der Waals surface area contributed by atoms with Crippen molar-refractivity contribution < 1.29 is 4.79 Å². The first-order valence-corrected chi connectivity index (χ1v) is 7.87. The van der Waals surface area contributed by atoms with Gasteiger partial charge < -0.3 is 20.1 Å². The Hall–Kier alpha value is -2.28. The maximum atomic E-state index is 12.0. The number of rotatable bonds is 4. The highest BCUT2D eigenvalue weighted by Crippen LogP contribution is 2.25. The van der Waals surface area contributed by atoms with Gasteiger partial charge in [-0.25, -0.2) is 14.8 Å². The van der Waals surface area contributed by atoms with E-state index in [0.717, 1.165) is 24.6 Å². The lowest BCUT2D eigenvalue weighted by Crippen LogP contribution is -2.43. The number of pyridine rings is 1. The maximum Gasteiger partial charge on any atom is 0.315 e. The van der Waals surface area contributed by atoms with Crippen LogP contribution in [0.25, 0.3) is 0 Å². The van der Waals surface area contributed by atoms with E-state index in [0.29, 0.717) is 18.1 Å². The zero-order valence-electron chi connectivity index (χ0n) is 12.9. The number of urea groups is 1. The van der Waals surface area contributed by atoms with Gasteiger partial charge in [-0.1, -0.05) is 11.6 Å². The minimum atomic E-state index is -0.188. The Morgan fingerprint density at radius 3 is 3.04 bits per heavy atom. The molecule has 7 nitrogen and oxygen atoms in total. The van der Waals surface area contributed by atoms with Crippen molar-refractivity contribution in [3.8, 4) is 0 Å². The van der Waals surface area contributed by atoms with Crippen molar-refractivity contribution in [1.29, 1.82) is 0 Å². The second-order valence-corrected chi connectivity index (χ2v) is 5.93. The number of amides is 2. The molecule has 0 saturated carbocycles. The third-order valence-electron chi connectivity index (χ3n) is 3.89. The molecule has 1 fully saturated rings. The summed E-state index contributed by atoms with van der Waals surface area (Å²) in [4.78, 5) is 22.6. The van der Waals surface area contributed by atoms with Crippen LogP contribution in [0.4, 0.5) is 10.6 Å². The summed E-state index contributed by atoms with van der Waals surface area (Å²) in [5.74, 6) is 1.58. The first kappa shape index (κ1) is 15.6. The number of aryl methyl sites for hydroxylation is 1. The molecule has 0 aromatic carbocycles. The standard InChI is InChI=1S/C15H19ClN6O/c1-21-8-6-17-13(21)9-19-15(23)20-11-4-7-22(10-11)14-12(16)3-2-5-18-14/h2-3,5-6,8,11H,4,7,9-10H2,1H3,(H2,19,20,23)/t11-/m0/s1. The number of anilines is 1. The quantitative estimate of drug-likeness (QED) is 0.889. The lowest BCUT2D eigenvalue weighted by atomic mass is 10.3. The zero-order valence-corrected chi connectivity index (χ0v) is 13.6. The van der Waals surface area contributed by atoms with E-state index in [2.05, 4.69) is 25.5 Å². The Morgan fingerprint density at radius 1 is 1.43 bits per heavy atom. The Balaban J connectivity index is 1.49. The van der Waals surface area contributed by atoms with Crippen molar-refractivity contribution in [2.24, 2.45) is 7.05 Å². The molecule has 3 heterocycles. The van der Waals surface area contributed by atoms with Gasteiger partial charge in [-0.15, -0.1) is 0 Å². The monoisotopic (exact) mass is 334 g/mol. The molecule has 1 saturated heterocycles. The molecular weight excluding hydrogens is 316 g/mol. The van der Waals surface area contributed by atoms with Gasteiger partial charge in [0.1, 0.15) is 11.6 Å². The van der Waals surface area contributed by atoms with Crippen LogP contribution in [0.2, 0.25) is 5.02 Å². The number of imidazole rings is 1. The first-order chi connectivity index (χ1) is 11.1. The first-order valence-electron chi connectivity index (χ1n) is 7.49. The molecule has 2 aromatic rings. The summed E-state index contributed by atoms with van der Waals surface area (Å²) < 4.78 is 1.88. The van der Waals surface area contributed by atoms with Crippen LogP contribution in [-0.4, -0.2) is 39.7 Å². The molecule has 2 aromatic heterocycles. The van der Waals surface area contributed by atoms with Crippen molar-refractivity contribution in [3.05, 3.63) is 41.6 Å². The van der Waals surface area contributed by atoms with E-state index in [9.17, 15) is 4.79 Å². The minimum Gasteiger partial charge on any atom is -0.353 e. The Labute approximate surface area is 139 Å². The molecule has 2 N–H and O–H groups in total. The van der Waals surface area contributed by atoms with Crippen LogP contribution in [0.3, 0.4) is 0 Å². The van der Waals surface area contributed by atoms with Crippen molar-refractivity contribution in [1.82, 2.24) is 25.2 Å². The molecule has 8 heteroatoms. The summed E-state index contributed by atoms with van der Waals surface area (Å²) in [6.07, 6.45) is 6.14. The van der Waals surface area contributed by atoms with Crippen LogP contribution >= 0.6 is 11.6 Å². The predicted octanol–water partition coefficient (Wildman–Crippen LogP) is 1.55. The highest BCUT2D eigenvalue weighted by molar-refractivity contribution is 6.32. The van der Waals surface area contributed by atoms with Crippen LogP contribution in [0, 0.1) is 0 Å². The fourth-order valence-electron chi connectivity index (χ4n) is 2.64. The van der Waals surface area contributed by atoms with Gasteiger partial charge >= 0.3 is 6.03 Å². The summed E-state index contributed by atoms with van der Waals surface area (Å²) in [6.45, 7) is 1.92. The lowest BCUT2D eigenvalue weighted by molar-refractivity contribution is 0.237. The summed E-state index contributed by atoms with van der Waals surface area (Å²) in [6, 6.07) is 3.52. The molecule has 1 atom stereocenters. The van der Waals surface area contributed by atoms with E-state index < -0.39 is 0 Å². The molecule has 1 aliphatic heterocycles. The van der Waals surface area contributed by atoms with Crippen molar-refractivity contribution >= 4 is 23.4 Å². The van der Waals surface area contributed by atoms with Crippen LogP contribution in [0.15, 0.2) is 30.7 Å². The average Bonchev–Trinajstić information content (AvgIpc) is 3.15. The number of hydrogen-bond acceptors (Lipinski definition) is 4. The number of carbonyl (C=O) groups is 1. The van der Waals surface area contributed by atoms with Gasteiger partial charge in [-0.05, 0) is 18.6 Å². The number of aromatic nitrogens is 3. The van der Waals surface area contributed by atoms with E-state index in [1.807, 2.05) is 29.9 Å². The Kier molecular flexibility index (Phi) is 4.66. The number of nitrogens with zero attached hydrogens (tertiary/aromatic N) is 4. The molecule has 3 rings (SSSR count). The summed E-state index contributed by atoms with van der Waals surface area (Å²) in [7, 11) is 1.90. The molecule has 2 amide bonds. The van der Waals surface area contributed by atoms with Crippen molar-refractivity contribution in [2.75, 3.05) is 18.0 Å². The third-order valence-corrected chi connectivity index (χ3v) is 4.19. The van der Waals surface area contributed by atoms with Crippen LogP contribution in [-0.2, 0) is 13.6 Å². The Morgan fingerprint density at radius 2 is 2.30 bits per heavy atom. The van der Waals surface area contributed by atoms with E-state index in [1.165, 1.54) is 0 Å². The van der Waals surface area contributed by atoms with Crippen LogP contribution in [0.1, 0.15) is 12.2 Å². The largest absolute Gasteiger partial charge is 0.353 e. The topological polar surface area (TPSA) is 75.1 Å². The number of halogens is 1. The Bertz CT molecular complexity index is 688. The highest BCUT2D eigenvalue weighted by Gasteiger charge is 2.25. The maximum absolute atomic E-state index is 12.0. The van der Waals surface area contributed by atoms with Gasteiger partial charge in [-0.3, -0.25) is 0 Å². The van der Waals surface area contributed by atoms with Crippen molar-refractivity contribution in [3.63, 3.8) is 0 Å². The van der Waals surface area contributed by atoms with E-state index in [-0.39, 0.29) is 12.1 Å². The minimum absolute atomic E-state index is 0.0782. The van der Waals surface area contributed by atoms with Gasteiger partial charge in [0.15, 0.2) is 0 Å². The molecule has 23 heavy (non-hydrogen) atoms. The van der Waals surface area contributed by atoms with Gasteiger partial charge in [0, 0.05) is 44.8 Å². The zero-order chi connectivity index (χ0) is 16.2. The molecule has 122 valence electrons. The highest BCUT2D eigenvalue weighted by atomic mass is 35.5. The lowest BCUT2D eigenvalue weighted by Gasteiger charge is -2.19. The number of hydrogen-bond donors (Lipinski definition) is 2. The van der Waals surface area contributed by atoms with E-state index in [4.69, 9.17) is 11.6 Å². The van der Waals surface area contributed by atoms with Gasteiger partial charge in [0.05, 0.1) is 11.6 Å². The van der Waals surface area contributed by atoms with Gasteiger partial charge in [0.2, 0.25) is 0 Å². The predicted molar refractivity (Wildman–Crippen MR) is 88.4 cm³/mol. The summed E-state index contributed by atoms with van der Waals surface area (Å²) >= 11 is 6.17. The fraction of sp³-hybridized carbons (Fsp3) is 0.400. The molecular formula is C15H19ClN6O. The second-order valence-electron chi connectivity index (χ2n) is 5.52.